The van der Waals surface area contributed by atoms with Crippen LogP contribution in [0.25, 0.3) is 0 Å². The number of rotatable bonds is 10. The lowest BCUT2D eigenvalue weighted by atomic mass is 10.2. The Balaban J connectivity index is 1.53. The molecule has 0 saturated heterocycles. The largest absolute Gasteiger partial charge is 0.421 e. The number of benzene rings is 2. The first-order chi connectivity index (χ1) is 19.2. The minimum Gasteiger partial charge on any atom is -0.365 e. The average Bonchev–Trinajstić information content (AvgIpc) is 2.92. The zero-order chi connectivity index (χ0) is 29.8. The first-order valence-electron chi connectivity index (χ1n) is 12.0. The number of anilines is 4. The van der Waals surface area contributed by atoms with Gasteiger partial charge in [-0.15, -0.1) is 0 Å². The van der Waals surface area contributed by atoms with E-state index in [1.807, 2.05) is 0 Å². The molecule has 3 N–H and O–H groups in total. The molecule has 1 atom stereocenters. The van der Waals surface area contributed by atoms with Gasteiger partial charge in [0, 0.05) is 42.5 Å². The van der Waals surface area contributed by atoms with Gasteiger partial charge in [-0.3, -0.25) is 8.87 Å². The molecule has 15 heteroatoms. The van der Waals surface area contributed by atoms with Gasteiger partial charge in [-0.25, -0.2) is 18.4 Å². The summed E-state index contributed by atoms with van der Waals surface area (Å²) in [5.74, 6) is -0.596. The van der Waals surface area contributed by atoms with Crippen molar-refractivity contribution in [3.8, 4) is 0 Å². The van der Waals surface area contributed by atoms with E-state index in [0.29, 0.717) is 28.3 Å². The number of hydrogen-bond acceptors (Lipinski definition) is 8. The number of pyridine rings is 1. The third kappa shape index (κ3) is 7.60. The number of nitrogens with zero attached hydrogens (tertiary/aromatic N) is 4. The molecule has 1 unspecified atom stereocenters. The van der Waals surface area contributed by atoms with Gasteiger partial charge in [0.15, 0.2) is 0 Å². The predicted octanol–water partition coefficient (Wildman–Crippen LogP) is 4.74. The van der Waals surface area contributed by atoms with Gasteiger partial charge in [0.25, 0.3) is 0 Å². The second-order valence-corrected chi connectivity index (χ2v) is 13.3. The van der Waals surface area contributed by atoms with Crippen molar-refractivity contribution in [1.82, 2.24) is 15.0 Å². The van der Waals surface area contributed by atoms with Crippen molar-refractivity contribution in [3.05, 3.63) is 95.8 Å². The zero-order valence-corrected chi connectivity index (χ0v) is 23.6. The zero-order valence-electron chi connectivity index (χ0n) is 21.9. The summed E-state index contributed by atoms with van der Waals surface area (Å²) < 4.78 is 78.8. The van der Waals surface area contributed by atoms with Crippen LogP contribution in [0.2, 0.25) is 0 Å². The van der Waals surface area contributed by atoms with Crippen LogP contribution in [-0.4, -0.2) is 41.6 Å². The highest BCUT2D eigenvalue weighted by Gasteiger charge is 2.35. The Bertz CT molecular complexity index is 1670. The molecule has 0 saturated carbocycles. The van der Waals surface area contributed by atoms with E-state index < -0.39 is 34.9 Å². The van der Waals surface area contributed by atoms with E-state index >= 15 is 0 Å². The van der Waals surface area contributed by atoms with E-state index in [9.17, 15) is 31.0 Å². The Kier molecular flexibility index (Phi) is 8.66. The number of sulfonamides is 1. The van der Waals surface area contributed by atoms with E-state index in [4.69, 9.17) is 0 Å². The lowest BCUT2D eigenvalue weighted by Gasteiger charge is -2.20. The number of aromatic nitrogens is 3. The molecule has 0 radical (unpaired) electrons. The third-order valence-corrected chi connectivity index (χ3v) is 9.04. The molecule has 0 amide bonds. The lowest BCUT2D eigenvalue weighted by molar-refractivity contribution is -0.137. The van der Waals surface area contributed by atoms with Gasteiger partial charge >= 0.3 is 6.18 Å². The lowest BCUT2D eigenvalue weighted by Crippen LogP contribution is -2.27. The molecule has 41 heavy (non-hydrogen) atoms. The number of nitrogens with one attached hydrogen (secondary N) is 2. The summed E-state index contributed by atoms with van der Waals surface area (Å²) in [6.45, 7) is -0.208. The molecule has 0 fully saturated rings. The van der Waals surface area contributed by atoms with Crippen LogP contribution in [0.4, 0.5) is 36.4 Å². The summed E-state index contributed by atoms with van der Waals surface area (Å²) >= 11 is 0. The molecule has 0 aliphatic heterocycles. The molecule has 4 rings (SSSR count). The fraction of sp³-hybridized carbons (Fsp3) is 0.192. The van der Waals surface area contributed by atoms with Crippen LogP contribution in [-0.2, 0) is 33.5 Å². The molecule has 2 aromatic carbocycles. The maximum Gasteiger partial charge on any atom is 0.421 e. The van der Waals surface area contributed by atoms with Crippen LogP contribution >= 0.6 is 7.37 Å². The van der Waals surface area contributed by atoms with Gasteiger partial charge in [0.1, 0.15) is 17.2 Å². The van der Waals surface area contributed by atoms with Crippen LogP contribution in [0.15, 0.2) is 79.1 Å². The van der Waals surface area contributed by atoms with Crippen LogP contribution in [0, 0.1) is 0 Å². The van der Waals surface area contributed by atoms with Gasteiger partial charge in [-0.2, -0.15) is 18.2 Å². The maximum absolute atomic E-state index is 13.7. The molecule has 0 bridgehead atoms. The summed E-state index contributed by atoms with van der Waals surface area (Å²) in [4.78, 5) is 22.3. The van der Waals surface area contributed by atoms with Crippen LogP contribution in [0.3, 0.4) is 0 Å². The van der Waals surface area contributed by atoms with Gasteiger partial charge in [-0.05, 0) is 35.9 Å². The number of alkyl halides is 3. The predicted molar refractivity (Wildman–Crippen MR) is 151 cm³/mol. The normalized spacial score (nSPS) is 13.3. The summed E-state index contributed by atoms with van der Waals surface area (Å²) in [5.41, 5.74) is 0.248. The quantitative estimate of drug-likeness (QED) is 0.219. The van der Waals surface area contributed by atoms with E-state index in [-0.39, 0.29) is 24.5 Å². The molecule has 2 aromatic heterocycles. The SMILES string of the molecule is CN(c1ncccc1CNc1nc(Nc2ccc(CP(=O)(O)c3ccccc3)cc2)ncc1C(F)(F)F)S(C)(=O)=O. The van der Waals surface area contributed by atoms with Crippen molar-refractivity contribution in [1.29, 1.82) is 0 Å². The minimum atomic E-state index is -4.76. The highest BCUT2D eigenvalue weighted by molar-refractivity contribution is 7.92. The average molecular weight is 607 g/mol. The van der Waals surface area contributed by atoms with Crippen LogP contribution in [0.5, 0.6) is 0 Å². The first-order valence-corrected chi connectivity index (χ1v) is 15.7. The van der Waals surface area contributed by atoms with Gasteiger partial charge in [0.05, 0.1) is 12.4 Å². The van der Waals surface area contributed by atoms with Crippen molar-refractivity contribution in [2.75, 3.05) is 28.2 Å². The van der Waals surface area contributed by atoms with E-state index in [0.717, 1.165) is 10.6 Å². The fourth-order valence-electron chi connectivity index (χ4n) is 3.79. The number of halogens is 3. The van der Waals surface area contributed by atoms with Crippen molar-refractivity contribution < 1.29 is 31.0 Å². The highest BCUT2D eigenvalue weighted by atomic mass is 32.2. The standard InChI is InChI=1S/C26H26F3N6O4PS/c1-35(41(2,38)39)24-19(7-6-14-30-24)15-31-23-22(26(27,28)29)16-32-25(34-23)33-20-12-10-18(11-13-20)17-40(36,37)21-8-4-3-5-9-21/h3-14,16H,15,17H2,1-2H3,(H,36,37)(H2,31,32,33,34). The van der Waals surface area contributed by atoms with Crippen molar-refractivity contribution >= 4 is 46.0 Å². The molecule has 0 spiro atoms. The molecule has 0 aliphatic rings. The number of hydrogen-bond donors (Lipinski definition) is 3. The van der Waals surface area contributed by atoms with E-state index in [2.05, 4.69) is 25.6 Å². The maximum atomic E-state index is 13.7. The Morgan fingerprint density at radius 2 is 1.68 bits per heavy atom. The highest BCUT2D eigenvalue weighted by Crippen LogP contribution is 2.43. The molecular formula is C26H26F3N6O4PS. The minimum absolute atomic E-state index is 0.0586. The first kappa shape index (κ1) is 30.0. The second-order valence-electron chi connectivity index (χ2n) is 9.04. The Labute approximate surface area is 234 Å². The summed E-state index contributed by atoms with van der Waals surface area (Å²) in [5, 5.41) is 5.79. The van der Waals surface area contributed by atoms with E-state index in [1.165, 1.54) is 25.4 Å². The summed E-state index contributed by atoms with van der Waals surface area (Å²) in [6, 6.07) is 17.8. The summed E-state index contributed by atoms with van der Waals surface area (Å²) in [7, 11) is -6.00. The van der Waals surface area contributed by atoms with Crippen LogP contribution in [0.1, 0.15) is 16.7 Å². The van der Waals surface area contributed by atoms with Crippen molar-refractivity contribution in [2.24, 2.45) is 0 Å². The van der Waals surface area contributed by atoms with Crippen molar-refractivity contribution in [3.63, 3.8) is 0 Å². The Hall–Kier alpha value is -4.00. The molecule has 216 valence electrons. The van der Waals surface area contributed by atoms with Crippen LogP contribution < -0.4 is 20.2 Å². The smallest absolute Gasteiger partial charge is 0.365 e. The Morgan fingerprint density at radius 1 is 1.00 bits per heavy atom. The topological polar surface area (TPSA) is 137 Å². The molecule has 0 aliphatic carbocycles. The van der Waals surface area contributed by atoms with Crippen molar-refractivity contribution in [2.45, 2.75) is 18.9 Å². The molecular weight excluding hydrogens is 580 g/mol. The fourth-order valence-corrected chi connectivity index (χ4v) is 5.80. The van der Waals surface area contributed by atoms with Gasteiger partial charge in [-0.1, -0.05) is 36.4 Å². The van der Waals surface area contributed by atoms with Gasteiger partial charge < -0.3 is 15.5 Å². The Morgan fingerprint density at radius 3 is 2.32 bits per heavy atom. The molecule has 10 nitrogen and oxygen atoms in total. The van der Waals surface area contributed by atoms with Gasteiger partial charge in [0.2, 0.25) is 23.3 Å². The monoisotopic (exact) mass is 606 g/mol. The third-order valence-electron chi connectivity index (χ3n) is 5.97. The second kappa shape index (κ2) is 11.9. The van der Waals surface area contributed by atoms with E-state index in [1.54, 1.807) is 54.6 Å². The molecule has 4 aromatic rings. The molecule has 2 heterocycles. The summed E-state index contributed by atoms with van der Waals surface area (Å²) in [6.07, 6.45) is -1.85.